The van der Waals surface area contributed by atoms with Crippen LogP contribution in [0.1, 0.15) is 21.7 Å². The van der Waals surface area contributed by atoms with Crippen molar-refractivity contribution < 1.29 is 17.7 Å². The van der Waals surface area contributed by atoms with Gasteiger partial charge >= 0.3 is 0 Å². The van der Waals surface area contributed by atoms with Crippen LogP contribution in [0.25, 0.3) is 11.3 Å². The lowest BCUT2D eigenvalue weighted by atomic mass is 10.1. The molecule has 0 radical (unpaired) electrons. The van der Waals surface area contributed by atoms with Crippen molar-refractivity contribution in [2.24, 2.45) is 0 Å². The van der Waals surface area contributed by atoms with E-state index in [1.54, 1.807) is 31.2 Å². The molecule has 3 aromatic rings. The summed E-state index contributed by atoms with van der Waals surface area (Å²) >= 11 is 0. The third-order valence-corrected chi connectivity index (χ3v) is 5.65. The molecule has 7 nitrogen and oxygen atoms in total. The molecule has 0 unspecified atom stereocenters. The summed E-state index contributed by atoms with van der Waals surface area (Å²) in [6.07, 6.45) is 0. The number of rotatable bonds is 7. The van der Waals surface area contributed by atoms with E-state index in [0.717, 1.165) is 11.1 Å². The number of amides is 1. The standard InChI is InChI=1S/C20H21N3O4S/c1-14-8-10-17(11-9-14)28(25,26)22-13-12-21-20(24)18-15(2)27-23-19(18)16-6-4-3-5-7-16/h3-11,22H,12-13H2,1-2H3,(H,21,24). The average Bonchev–Trinajstić information content (AvgIpc) is 3.08. The molecule has 0 spiro atoms. The molecule has 2 N–H and O–H groups in total. The number of carbonyl (C=O) groups is 1. The Labute approximate surface area is 163 Å². The second-order valence-electron chi connectivity index (χ2n) is 6.30. The first kappa shape index (κ1) is 19.8. The Hall–Kier alpha value is -2.97. The van der Waals surface area contributed by atoms with Gasteiger partial charge in [-0.25, -0.2) is 13.1 Å². The fraction of sp³-hybridized carbons (Fsp3) is 0.200. The summed E-state index contributed by atoms with van der Waals surface area (Å²) in [4.78, 5) is 12.8. The fourth-order valence-corrected chi connectivity index (χ4v) is 3.72. The molecular weight excluding hydrogens is 378 g/mol. The zero-order chi connectivity index (χ0) is 20.1. The smallest absolute Gasteiger partial charge is 0.257 e. The molecule has 0 bridgehead atoms. The van der Waals surface area contributed by atoms with Crippen molar-refractivity contribution in [2.45, 2.75) is 18.7 Å². The summed E-state index contributed by atoms with van der Waals surface area (Å²) in [6.45, 7) is 3.74. The zero-order valence-electron chi connectivity index (χ0n) is 15.6. The first-order valence-corrected chi connectivity index (χ1v) is 10.2. The SMILES string of the molecule is Cc1ccc(S(=O)(=O)NCCNC(=O)c2c(-c3ccccc3)noc2C)cc1. The fourth-order valence-electron chi connectivity index (χ4n) is 2.68. The minimum absolute atomic E-state index is 0.0624. The molecule has 0 atom stereocenters. The Morgan fingerprint density at radius 3 is 2.36 bits per heavy atom. The van der Waals surface area contributed by atoms with Gasteiger partial charge in [0.15, 0.2) is 0 Å². The second-order valence-corrected chi connectivity index (χ2v) is 8.06. The highest BCUT2D eigenvalue weighted by Gasteiger charge is 2.21. The molecule has 146 valence electrons. The summed E-state index contributed by atoms with van der Waals surface area (Å²) < 4.78 is 32.2. The molecule has 0 saturated heterocycles. The van der Waals surface area contributed by atoms with E-state index in [-0.39, 0.29) is 23.9 Å². The lowest BCUT2D eigenvalue weighted by Crippen LogP contribution is -2.35. The largest absolute Gasteiger partial charge is 0.360 e. The minimum atomic E-state index is -3.62. The summed E-state index contributed by atoms with van der Waals surface area (Å²) in [5, 5.41) is 6.68. The van der Waals surface area contributed by atoms with E-state index >= 15 is 0 Å². The van der Waals surface area contributed by atoms with Crippen molar-refractivity contribution in [3.05, 3.63) is 71.5 Å². The molecule has 3 rings (SSSR count). The number of nitrogens with zero attached hydrogens (tertiary/aromatic N) is 1. The van der Waals surface area contributed by atoms with Crippen LogP contribution >= 0.6 is 0 Å². The molecular formula is C20H21N3O4S. The van der Waals surface area contributed by atoms with E-state index in [9.17, 15) is 13.2 Å². The van der Waals surface area contributed by atoms with Gasteiger partial charge in [-0.15, -0.1) is 0 Å². The van der Waals surface area contributed by atoms with Crippen molar-refractivity contribution in [3.8, 4) is 11.3 Å². The van der Waals surface area contributed by atoms with E-state index < -0.39 is 10.0 Å². The maximum Gasteiger partial charge on any atom is 0.257 e. The average molecular weight is 399 g/mol. The summed E-state index contributed by atoms with van der Waals surface area (Å²) in [5.74, 6) is 0.0312. The second kappa shape index (κ2) is 8.37. The Kier molecular flexibility index (Phi) is 5.91. The Balaban J connectivity index is 1.61. The van der Waals surface area contributed by atoms with Crippen LogP contribution in [0.5, 0.6) is 0 Å². The van der Waals surface area contributed by atoms with Gasteiger partial charge in [-0.2, -0.15) is 0 Å². The van der Waals surface area contributed by atoms with Crippen LogP contribution < -0.4 is 10.0 Å². The van der Waals surface area contributed by atoms with Crippen molar-refractivity contribution in [1.29, 1.82) is 0 Å². The topological polar surface area (TPSA) is 101 Å². The van der Waals surface area contributed by atoms with Crippen molar-refractivity contribution in [1.82, 2.24) is 15.2 Å². The van der Waals surface area contributed by atoms with Crippen LogP contribution in [0.3, 0.4) is 0 Å². The van der Waals surface area contributed by atoms with E-state index in [1.165, 1.54) is 0 Å². The number of aryl methyl sites for hydroxylation is 2. The Morgan fingerprint density at radius 2 is 1.68 bits per heavy atom. The predicted octanol–water partition coefficient (Wildman–Crippen LogP) is 2.67. The number of hydrogen-bond acceptors (Lipinski definition) is 5. The summed E-state index contributed by atoms with van der Waals surface area (Å²) in [7, 11) is -3.62. The van der Waals surface area contributed by atoms with Gasteiger partial charge in [-0.1, -0.05) is 53.2 Å². The first-order valence-electron chi connectivity index (χ1n) is 8.75. The van der Waals surface area contributed by atoms with Gasteiger partial charge < -0.3 is 9.84 Å². The highest BCUT2D eigenvalue weighted by atomic mass is 32.2. The van der Waals surface area contributed by atoms with Crippen LogP contribution in [0.4, 0.5) is 0 Å². The van der Waals surface area contributed by atoms with Gasteiger partial charge in [0.2, 0.25) is 10.0 Å². The number of aromatic nitrogens is 1. The van der Waals surface area contributed by atoms with E-state index in [2.05, 4.69) is 15.2 Å². The van der Waals surface area contributed by atoms with Gasteiger partial charge in [0.25, 0.3) is 5.91 Å². The highest BCUT2D eigenvalue weighted by Crippen LogP contribution is 2.24. The molecule has 0 aliphatic rings. The third kappa shape index (κ3) is 4.47. The van der Waals surface area contributed by atoms with Crippen LogP contribution in [0.2, 0.25) is 0 Å². The number of carbonyl (C=O) groups excluding carboxylic acids is 1. The number of sulfonamides is 1. The van der Waals surface area contributed by atoms with Crippen LogP contribution in [-0.2, 0) is 10.0 Å². The van der Waals surface area contributed by atoms with Crippen LogP contribution in [-0.4, -0.2) is 32.6 Å². The molecule has 1 heterocycles. The third-order valence-electron chi connectivity index (χ3n) is 4.17. The van der Waals surface area contributed by atoms with Crippen molar-refractivity contribution in [3.63, 3.8) is 0 Å². The summed E-state index contributed by atoms with van der Waals surface area (Å²) in [6, 6.07) is 15.8. The Morgan fingerprint density at radius 1 is 1.00 bits per heavy atom. The van der Waals surface area contributed by atoms with Gasteiger partial charge in [0.1, 0.15) is 17.0 Å². The number of nitrogens with one attached hydrogen (secondary N) is 2. The Bertz CT molecular complexity index is 1060. The molecule has 1 aromatic heterocycles. The normalized spacial score (nSPS) is 11.4. The molecule has 0 aliphatic heterocycles. The van der Waals surface area contributed by atoms with E-state index in [0.29, 0.717) is 17.0 Å². The summed E-state index contributed by atoms with van der Waals surface area (Å²) in [5.41, 5.74) is 2.54. The van der Waals surface area contributed by atoms with Crippen molar-refractivity contribution in [2.75, 3.05) is 13.1 Å². The molecule has 8 heteroatoms. The first-order chi connectivity index (χ1) is 13.4. The van der Waals surface area contributed by atoms with Gasteiger partial charge in [0.05, 0.1) is 4.90 Å². The van der Waals surface area contributed by atoms with Crippen LogP contribution in [0, 0.1) is 13.8 Å². The van der Waals surface area contributed by atoms with E-state index in [4.69, 9.17) is 4.52 Å². The minimum Gasteiger partial charge on any atom is -0.360 e. The maximum atomic E-state index is 12.6. The lowest BCUT2D eigenvalue weighted by Gasteiger charge is -2.09. The van der Waals surface area contributed by atoms with Gasteiger partial charge in [-0.05, 0) is 26.0 Å². The predicted molar refractivity (Wildman–Crippen MR) is 105 cm³/mol. The molecule has 0 aliphatic carbocycles. The van der Waals surface area contributed by atoms with Crippen LogP contribution in [0.15, 0.2) is 64.0 Å². The van der Waals surface area contributed by atoms with E-state index in [1.807, 2.05) is 37.3 Å². The maximum absolute atomic E-state index is 12.6. The quantitative estimate of drug-likeness (QED) is 0.595. The lowest BCUT2D eigenvalue weighted by molar-refractivity contribution is 0.0953. The zero-order valence-corrected chi connectivity index (χ0v) is 16.4. The molecule has 28 heavy (non-hydrogen) atoms. The number of benzene rings is 2. The van der Waals surface area contributed by atoms with Gasteiger partial charge in [-0.3, -0.25) is 4.79 Å². The van der Waals surface area contributed by atoms with Gasteiger partial charge in [0, 0.05) is 18.7 Å². The number of hydrogen-bond donors (Lipinski definition) is 2. The molecule has 2 aromatic carbocycles. The van der Waals surface area contributed by atoms with Crippen molar-refractivity contribution >= 4 is 15.9 Å². The molecule has 0 saturated carbocycles. The molecule has 0 fully saturated rings. The monoisotopic (exact) mass is 399 g/mol. The molecule has 1 amide bonds. The highest BCUT2D eigenvalue weighted by molar-refractivity contribution is 7.89.